The first-order valence-electron chi connectivity index (χ1n) is 4.29. The van der Waals surface area contributed by atoms with Gasteiger partial charge in [-0.1, -0.05) is 6.92 Å². The van der Waals surface area contributed by atoms with Crippen LogP contribution in [-0.4, -0.2) is 17.8 Å². The first-order chi connectivity index (χ1) is 5.77. The lowest BCUT2D eigenvalue weighted by Crippen LogP contribution is -2.08. The Bertz CT molecular complexity index is 199. The molecule has 1 heterocycles. The van der Waals surface area contributed by atoms with Crippen LogP contribution in [0.15, 0.2) is 11.0 Å². The van der Waals surface area contributed by atoms with Gasteiger partial charge < -0.3 is 4.74 Å². The molecule has 0 aromatic heterocycles. The average Bonchev–Trinajstić information content (AvgIpc) is 2.52. The van der Waals surface area contributed by atoms with Gasteiger partial charge in [0.05, 0.1) is 6.61 Å². The fourth-order valence-electron chi connectivity index (χ4n) is 1.12. The highest BCUT2D eigenvalue weighted by Crippen LogP contribution is 2.32. The maximum Gasteiger partial charge on any atom is 0.334 e. The van der Waals surface area contributed by atoms with Gasteiger partial charge in [0.25, 0.3) is 0 Å². The molecular weight excluding hydrogens is 172 g/mol. The Morgan fingerprint density at radius 2 is 2.50 bits per heavy atom. The molecule has 0 aliphatic carbocycles. The van der Waals surface area contributed by atoms with Crippen LogP contribution in [0.2, 0.25) is 0 Å². The Labute approximate surface area is 77.4 Å². The van der Waals surface area contributed by atoms with Crippen molar-refractivity contribution in [3.8, 4) is 0 Å². The van der Waals surface area contributed by atoms with Gasteiger partial charge in [0.2, 0.25) is 0 Å². The lowest BCUT2D eigenvalue weighted by molar-refractivity contribution is -0.138. The van der Waals surface area contributed by atoms with Gasteiger partial charge in [0.15, 0.2) is 0 Å². The number of ether oxygens (including phenoxy) is 1. The molecule has 1 aliphatic heterocycles. The summed E-state index contributed by atoms with van der Waals surface area (Å²) in [6.45, 7) is 4.44. The lowest BCUT2D eigenvalue weighted by atomic mass is 10.1. The fourth-order valence-corrected chi connectivity index (χ4v) is 2.13. The van der Waals surface area contributed by atoms with Crippen LogP contribution in [0.3, 0.4) is 0 Å². The highest BCUT2D eigenvalue weighted by atomic mass is 32.2. The predicted molar refractivity (Wildman–Crippen MR) is 51.0 cm³/mol. The first-order valence-corrected chi connectivity index (χ1v) is 5.23. The maximum absolute atomic E-state index is 11.2. The van der Waals surface area contributed by atoms with Gasteiger partial charge in [-0.15, -0.1) is 11.8 Å². The molecule has 0 spiro atoms. The second-order valence-corrected chi connectivity index (χ2v) is 3.91. The molecule has 0 aromatic carbocycles. The van der Waals surface area contributed by atoms with E-state index in [1.807, 2.05) is 12.3 Å². The van der Waals surface area contributed by atoms with Crippen molar-refractivity contribution in [2.45, 2.75) is 31.9 Å². The minimum Gasteiger partial charge on any atom is -0.463 e. The number of hydrogen-bond acceptors (Lipinski definition) is 3. The zero-order valence-corrected chi connectivity index (χ0v) is 8.32. The summed E-state index contributed by atoms with van der Waals surface area (Å²) in [6.07, 6.45) is 1.99. The molecule has 0 bridgehead atoms. The number of carbonyl (C=O) groups excluding carboxylic acids is 1. The van der Waals surface area contributed by atoms with Crippen LogP contribution in [0, 0.1) is 0 Å². The van der Waals surface area contributed by atoms with E-state index in [0.717, 1.165) is 18.4 Å². The van der Waals surface area contributed by atoms with Crippen molar-refractivity contribution in [2.24, 2.45) is 0 Å². The Morgan fingerprint density at radius 3 is 3.00 bits per heavy atom. The predicted octanol–water partition coefficient (Wildman–Crippen LogP) is 2.35. The second kappa shape index (κ2) is 4.55. The third-order valence-corrected chi connectivity index (χ3v) is 3.15. The molecular formula is C9H14O2S. The van der Waals surface area contributed by atoms with Crippen LogP contribution < -0.4 is 0 Å². The topological polar surface area (TPSA) is 26.3 Å². The van der Waals surface area contributed by atoms with Crippen molar-refractivity contribution in [1.82, 2.24) is 0 Å². The highest BCUT2D eigenvalue weighted by Gasteiger charge is 2.21. The van der Waals surface area contributed by atoms with Crippen molar-refractivity contribution in [3.63, 3.8) is 0 Å². The molecule has 0 saturated heterocycles. The highest BCUT2D eigenvalue weighted by molar-refractivity contribution is 8.03. The summed E-state index contributed by atoms with van der Waals surface area (Å²) in [7, 11) is 0. The smallest absolute Gasteiger partial charge is 0.334 e. The van der Waals surface area contributed by atoms with Crippen LogP contribution >= 0.6 is 11.8 Å². The molecule has 1 unspecified atom stereocenters. The molecule has 0 N–H and O–H groups in total. The summed E-state index contributed by atoms with van der Waals surface area (Å²) < 4.78 is 4.90. The average molecular weight is 186 g/mol. The van der Waals surface area contributed by atoms with E-state index < -0.39 is 0 Å². The molecule has 0 amide bonds. The van der Waals surface area contributed by atoms with Gasteiger partial charge in [-0.25, -0.2) is 4.79 Å². The summed E-state index contributed by atoms with van der Waals surface area (Å²) in [5.74, 6) is -0.138. The van der Waals surface area contributed by atoms with E-state index in [4.69, 9.17) is 4.74 Å². The van der Waals surface area contributed by atoms with Gasteiger partial charge in [-0.05, 0) is 25.2 Å². The Hall–Kier alpha value is -0.440. The van der Waals surface area contributed by atoms with Crippen LogP contribution in [0.4, 0.5) is 0 Å². The van der Waals surface area contributed by atoms with Crippen molar-refractivity contribution in [3.05, 3.63) is 11.0 Å². The maximum atomic E-state index is 11.2. The first kappa shape index (κ1) is 9.65. The van der Waals surface area contributed by atoms with Gasteiger partial charge in [0, 0.05) is 10.8 Å². The quantitative estimate of drug-likeness (QED) is 0.633. The van der Waals surface area contributed by atoms with Crippen molar-refractivity contribution in [1.29, 1.82) is 0 Å². The second-order valence-electron chi connectivity index (χ2n) is 2.73. The van der Waals surface area contributed by atoms with E-state index in [2.05, 4.69) is 6.92 Å². The SMILES string of the molecule is CCOC(=O)C1=CSC(CC)C1. The summed E-state index contributed by atoms with van der Waals surface area (Å²) in [5.41, 5.74) is 0.841. The molecule has 1 aliphatic rings. The number of carbonyl (C=O) groups is 1. The Morgan fingerprint density at radius 1 is 1.75 bits per heavy atom. The lowest BCUT2D eigenvalue weighted by Gasteiger charge is -2.04. The number of rotatable bonds is 3. The standard InChI is InChI=1S/C9H14O2S/c1-3-8-5-7(6-12-8)9(10)11-4-2/h6,8H,3-5H2,1-2H3. The zero-order chi connectivity index (χ0) is 8.97. The fraction of sp³-hybridized carbons (Fsp3) is 0.667. The number of thioether (sulfide) groups is 1. The van der Waals surface area contributed by atoms with Gasteiger partial charge in [0.1, 0.15) is 0 Å². The van der Waals surface area contributed by atoms with E-state index in [0.29, 0.717) is 11.9 Å². The van der Waals surface area contributed by atoms with Gasteiger partial charge >= 0.3 is 5.97 Å². The van der Waals surface area contributed by atoms with E-state index in [1.54, 1.807) is 11.8 Å². The molecule has 0 aromatic rings. The number of esters is 1. The molecule has 1 atom stereocenters. The van der Waals surface area contributed by atoms with Crippen LogP contribution in [0.1, 0.15) is 26.7 Å². The van der Waals surface area contributed by atoms with E-state index in [1.165, 1.54) is 0 Å². The summed E-state index contributed by atoms with van der Waals surface area (Å²) in [4.78, 5) is 11.2. The zero-order valence-electron chi connectivity index (χ0n) is 7.50. The van der Waals surface area contributed by atoms with Crippen LogP contribution in [0.5, 0.6) is 0 Å². The largest absolute Gasteiger partial charge is 0.463 e. The van der Waals surface area contributed by atoms with Crippen LogP contribution in [0.25, 0.3) is 0 Å². The minimum absolute atomic E-state index is 0.138. The Kier molecular flexibility index (Phi) is 3.66. The molecule has 0 radical (unpaired) electrons. The molecule has 0 fully saturated rings. The molecule has 3 heteroatoms. The monoisotopic (exact) mass is 186 g/mol. The Balaban J connectivity index is 2.40. The molecule has 12 heavy (non-hydrogen) atoms. The van der Waals surface area contributed by atoms with Gasteiger partial charge in [-0.3, -0.25) is 0 Å². The van der Waals surface area contributed by atoms with E-state index in [9.17, 15) is 4.79 Å². The summed E-state index contributed by atoms with van der Waals surface area (Å²) in [5, 5.41) is 2.52. The van der Waals surface area contributed by atoms with Gasteiger partial charge in [-0.2, -0.15) is 0 Å². The van der Waals surface area contributed by atoms with Crippen LogP contribution in [-0.2, 0) is 9.53 Å². The number of hydrogen-bond donors (Lipinski definition) is 0. The normalized spacial score (nSPS) is 22.2. The molecule has 1 rings (SSSR count). The van der Waals surface area contributed by atoms with E-state index in [-0.39, 0.29) is 5.97 Å². The van der Waals surface area contributed by atoms with Crippen molar-refractivity contribution < 1.29 is 9.53 Å². The van der Waals surface area contributed by atoms with Crippen molar-refractivity contribution >= 4 is 17.7 Å². The molecule has 2 nitrogen and oxygen atoms in total. The minimum atomic E-state index is -0.138. The summed E-state index contributed by atoms with van der Waals surface area (Å²) in [6, 6.07) is 0. The third-order valence-electron chi connectivity index (χ3n) is 1.84. The van der Waals surface area contributed by atoms with E-state index >= 15 is 0 Å². The summed E-state index contributed by atoms with van der Waals surface area (Å²) >= 11 is 1.74. The third kappa shape index (κ3) is 2.27. The molecule has 0 saturated carbocycles. The molecule has 68 valence electrons. The van der Waals surface area contributed by atoms with Crippen molar-refractivity contribution in [2.75, 3.05) is 6.61 Å².